The van der Waals surface area contributed by atoms with E-state index >= 15 is 0 Å². The monoisotopic (exact) mass is 347 g/mol. The number of aliphatic carboxylic acids is 1. The number of amides is 1. The van der Waals surface area contributed by atoms with Crippen molar-refractivity contribution >= 4 is 35.0 Å². The number of benzene rings is 1. The number of ether oxygens (including phenoxy) is 1. The van der Waals surface area contributed by atoms with Crippen LogP contribution < -0.4 is 5.32 Å². The highest BCUT2D eigenvalue weighted by Crippen LogP contribution is 2.22. The molecule has 1 unspecified atom stereocenters. The molecule has 1 fully saturated rings. The number of hydrogen-bond acceptors (Lipinski definition) is 6. The fourth-order valence-corrected chi connectivity index (χ4v) is 2.83. The Morgan fingerprint density at radius 2 is 2.33 bits per heavy atom. The van der Waals surface area contributed by atoms with Gasteiger partial charge in [-0.3, -0.25) is 9.59 Å². The molecule has 0 aromatic heterocycles. The molecule has 0 spiro atoms. The van der Waals surface area contributed by atoms with Crippen LogP contribution in [0.25, 0.3) is 0 Å². The van der Waals surface area contributed by atoms with Crippen LogP contribution in [0.2, 0.25) is 0 Å². The number of nitrogens with one attached hydrogen (secondary N) is 1. The summed E-state index contributed by atoms with van der Waals surface area (Å²) < 4.78 is 5.38. The van der Waals surface area contributed by atoms with E-state index in [-0.39, 0.29) is 12.3 Å². The van der Waals surface area contributed by atoms with Gasteiger partial charge in [0.2, 0.25) is 5.91 Å². The summed E-state index contributed by atoms with van der Waals surface area (Å²) in [6.07, 6.45) is 3.00. The summed E-state index contributed by atoms with van der Waals surface area (Å²) in [4.78, 5) is 22.2. The number of thioether (sulfide) groups is 1. The van der Waals surface area contributed by atoms with Gasteiger partial charge in [0.05, 0.1) is 25.8 Å². The molecule has 0 bridgehead atoms. The van der Waals surface area contributed by atoms with Gasteiger partial charge in [0.1, 0.15) is 5.25 Å². The molecule has 1 aliphatic heterocycles. The molecule has 2 rings (SSSR count). The van der Waals surface area contributed by atoms with E-state index in [2.05, 4.69) is 22.1 Å². The zero-order chi connectivity index (χ0) is 17.4. The van der Waals surface area contributed by atoms with Gasteiger partial charge < -0.3 is 15.2 Å². The summed E-state index contributed by atoms with van der Waals surface area (Å²) in [6, 6.07) is 7.61. The third-order valence-corrected chi connectivity index (χ3v) is 4.02. The molecule has 1 heterocycles. The van der Waals surface area contributed by atoms with E-state index in [0.29, 0.717) is 18.4 Å². The van der Waals surface area contributed by atoms with Crippen molar-refractivity contribution in [2.45, 2.75) is 18.3 Å². The van der Waals surface area contributed by atoms with Gasteiger partial charge in [0.25, 0.3) is 0 Å². The second-order valence-electron chi connectivity index (χ2n) is 4.89. The second-order valence-corrected chi connectivity index (χ2v) is 6.08. The van der Waals surface area contributed by atoms with Gasteiger partial charge in [-0.05, 0) is 17.2 Å². The molecule has 24 heavy (non-hydrogen) atoms. The van der Waals surface area contributed by atoms with Gasteiger partial charge in [-0.25, -0.2) is 0 Å². The minimum absolute atomic E-state index is 0.244. The molecule has 1 amide bonds. The van der Waals surface area contributed by atoms with E-state index in [1.54, 1.807) is 12.3 Å². The highest BCUT2D eigenvalue weighted by molar-refractivity contribution is 8.15. The van der Waals surface area contributed by atoms with Crippen LogP contribution in [0.5, 0.6) is 0 Å². The Morgan fingerprint density at radius 1 is 1.50 bits per heavy atom. The first kappa shape index (κ1) is 17.9. The largest absolute Gasteiger partial charge is 0.481 e. The second kappa shape index (κ2) is 8.99. The first-order chi connectivity index (χ1) is 11.6. The van der Waals surface area contributed by atoms with Crippen LogP contribution in [0.3, 0.4) is 0 Å². The average molecular weight is 347 g/mol. The predicted octanol–water partition coefficient (Wildman–Crippen LogP) is 1.79. The smallest absolute Gasteiger partial charge is 0.305 e. The molecule has 1 aliphatic rings. The molecule has 8 heteroatoms. The van der Waals surface area contributed by atoms with Gasteiger partial charge in [-0.2, -0.15) is 5.10 Å². The number of carboxylic acids is 1. The molecule has 2 N–H and O–H groups in total. The normalized spacial score (nSPS) is 18.9. The van der Waals surface area contributed by atoms with Crippen LogP contribution in [0.15, 0.2) is 47.1 Å². The van der Waals surface area contributed by atoms with Crippen LogP contribution in [0.4, 0.5) is 0 Å². The van der Waals surface area contributed by atoms with Gasteiger partial charge in [-0.15, -0.1) is 11.7 Å². The molecule has 0 saturated carbocycles. The number of carbonyl (C=O) groups is 2. The lowest BCUT2D eigenvalue weighted by atomic mass is 10.1. The Labute approximate surface area is 143 Å². The molecule has 126 valence electrons. The minimum atomic E-state index is -1.03. The lowest BCUT2D eigenvalue weighted by Crippen LogP contribution is -2.26. The van der Waals surface area contributed by atoms with Crippen molar-refractivity contribution in [2.24, 2.45) is 10.2 Å². The Morgan fingerprint density at radius 3 is 3.08 bits per heavy atom. The molecule has 1 atom stereocenters. The third kappa shape index (κ3) is 5.64. The Balaban J connectivity index is 1.94. The maximum atomic E-state index is 11.6. The highest BCUT2D eigenvalue weighted by Gasteiger charge is 2.32. The number of carbonyl (C=O) groups excluding carboxylic acids is 1. The maximum absolute atomic E-state index is 11.6. The van der Waals surface area contributed by atoms with E-state index < -0.39 is 11.2 Å². The van der Waals surface area contributed by atoms with E-state index in [4.69, 9.17) is 9.84 Å². The van der Waals surface area contributed by atoms with Gasteiger partial charge in [0.15, 0.2) is 5.17 Å². The number of rotatable bonds is 8. The fourth-order valence-electron chi connectivity index (χ4n) is 1.92. The fraction of sp³-hybridized carbons (Fsp3) is 0.250. The van der Waals surface area contributed by atoms with Gasteiger partial charge >= 0.3 is 5.97 Å². The summed E-state index contributed by atoms with van der Waals surface area (Å²) in [7, 11) is 0. The van der Waals surface area contributed by atoms with Crippen molar-refractivity contribution in [3.63, 3.8) is 0 Å². The quantitative estimate of drug-likeness (QED) is 0.323. The van der Waals surface area contributed by atoms with Crippen LogP contribution in [0.1, 0.15) is 17.5 Å². The van der Waals surface area contributed by atoms with Crippen molar-refractivity contribution in [3.8, 4) is 0 Å². The van der Waals surface area contributed by atoms with Crippen molar-refractivity contribution in [2.75, 3.05) is 6.61 Å². The average Bonchev–Trinajstić information content (AvgIpc) is 2.87. The summed E-state index contributed by atoms with van der Waals surface area (Å²) >= 11 is 1.06. The zero-order valence-electron chi connectivity index (χ0n) is 12.8. The highest BCUT2D eigenvalue weighted by atomic mass is 32.2. The summed E-state index contributed by atoms with van der Waals surface area (Å²) in [5.74, 6) is -1.39. The van der Waals surface area contributed by atoms with Gasteiger partial charge in [0, 0.05) is 0 Å². The molecular formula is C16H17N3O4S. The van der Waals surface area contributed by atoms with Gasteiger partial charge in [-0.1, -0.05) is 36.0 Å². The molecule has 7 nitrogen and oxygen atoms in total. The Bertz CT molecular complexity index is 688. The molecule has 1 aromatic rings. The Kier molecular flexibility index (Phi) is 6.71. The topological polar surface area (TPSA) is 100 Å². The van der Waals surface area contributed by atoms with Crippen LogP contribution in [-0.4, -0.2) is 40.2 Å². The maximum Gasteiger partial charge on any atom is 0.305 e. The SMILES string of the molecule is C=CCOCc1cccc(C=NN=C2NC(=O)C(CC(=O)O)S2)c1. The molecule has 0 radical (unpaired) electrons. The molecule has 1 saturated heterocycles. The minimum Gasteiger partial charge on any atom is -0.481 e. The van der Waals surface area contributed by atoms with Crippen molar-refractivity contribution < 1.29 is 19.4 Å². The first-order valence-electron chi connectivity index (χ1n) is 7.16. The van der Waals surface area contributed by atoms with E-state index in [1.807, 2.05) is 24.3 Å². The summed E-state index contributed by atoms with van der Waals surface area (Å²) in [6.45, 7) is 4.55. The zero-order valence-corrected chi connectivity index (χ0v) is 13.7. The van der Waals surface area contributed by atoms with Crippen LogP contribution in [-0.2, 0) is 20.9 Å². The van der Waals surface area contributed by atoms with Crippen molar-refractivity contribution in [1.29, 1.82) is 0 Å². The number of hydrogen-bond donors (Lipinski definition) is 2. The van der Waals surface area contributed by atoms with E-state index in [1.165, 1.54) is 0 Å². The Hall–Kier alpha value is -2.45. The van der Waals surface area contributed by atoms with Crippen LogP contribution >= 0.6 is 11.8 Å². The molecule has 1 aromatic carbocycles. The standard InChI is InChI=1S/C16H17N3O4S/c1-2-6-23-10-12-5-3-4-11(7-12)9-17-19-16-18-15(22)13(24-16)8-14(20)21/h2-5,7,9,13H,1,6,8,10H2,(H,20,21)(H,18,19,22). The lowest BCUT2D eigenvalue weighted by molar-refractivity contribution is -0.138. The number of carboxylic acid groups (broad SMARTS) is 1. The number of amidine groups is 1. The van der Waals surface area contributed by atoms with E-state index in [0.717, 1.165) is 22.9 Å². The van der Waals surface area contributed by atoms with E-state index in [9.17, 15) is 9.59 Å². The molecular weight excluding hydrogens is 330 g/mol. The first-order valence-corrected chi connectivity index (χ1v) is 8.04. The van der Waals surface area contributed by atoms with Crippen molar-refractivity contribution in [3.05, 3.63) is 48.0 Å². The van der Waals surface area contributed by atoms with Crippen LogP contribution in [0, 0.1) is 0 Å². The third-order valence-electron chi connectivity index (χ3n) is 2.95. The molecule has 0 aliphatic carbocycles. The predicted molar refractivity (Wildman–Crippen MR) is 93.1 cm³/mol. The number of nitrogens with zero attached hydrogens (tertiary/aromatic N) is 2. The summed E-state index contributed by atoms with van der Waals surface area (Å²) in [5.41, 5.74) is 1.84. The lowest BCUT2D eigenvalue weighted by Gasteiger charge is -2.02. The van der Waals surface area contributed by atoms with Crippen molar-refractivity contribution in [1.82, 2.24) is 5.32 Å². The summed E-state index contributed by atoms with van der Waals surface area (Å²) in [5, 5.41) is 18.7.